The standard InChI is InChI=1S/C14H26N2O3S/c1-5-14(6-2,20-4)9-15-13(19)16-8-7-11(10(16)3)12(17)18/h10-11H,5-9H2,1-4H3,(H,15,19)(H,17,18). The van der Waals surface area contributed by atoms with E-state index in [4.69, 9.17) is 5.11 Å². The Bertz CT molecular complexity index is 350. The second-order valence-electron chi connectivity index (χ2n) is 5.42. The van der Waals surface area contributed by atoms with Crippen LogP contribution in [-0.2, 0) is 4.79 Å². The van der Waals surface area contributed by atoms with Crippen LogP contribution in [0.5, 0.6) is 0 Å². The topological polar surface area (TPSA) is 69.6 Å². The molecule has 1 aliphatic heterocycles. The molecule has 5 nitrogen and oxygen atoms in total. The van der Waals surface area contributed by atoms with Crippen LogP contribution < -0.4 is 5.32 Å². The molecule has 0 spiro atoms. The fourth-order valence-corrected chi connectivity index (χ4v) is 3.55. The average Bonchev–Trinajstić information content (AvgIpc) is 2.82. The van der Waals surface area contributed by atoms with Crippen LogP contribution in [0.2, 0.25) is 0 Å². The van der Waals surface area contributed by atoms with Crippen LogP contribution >= 0.6 is 11.8 Å². The van der Waals surface area contributed by atoms with Crippen LogP contribution in [-0.4, -0.2) is 52.1 Å². The molecule has 2 atom stereocenters. The van der Waals surface area contributed by atoms with E-state index in [0.717, 1.165) is 12.8 Å². The van der Waals surface area contributed by atoms with Gasteiger partial charge >= 0.3 is 12.0 Å². The SMILES string of the molecule is CCC(CC)(CNC(=O)N1CCC(C(=O)O)C1C)SC. The van der Waals surface area contributed by atoms with Crippen LogP contribution in [0.3, 0.4) is 0 Å². The third kappa shape index (κ3) is 3.59. The van der Waals surface area contributed by atoms with Gasteiger partial charge in [0.25, 0.3) is 0 Å². The van der Waals surface area contributed by atoms with Gasteiger partial charge in [0.1, 0.15) is 0 Å². The maximum absolute atomic E-state index is 12.2. The molecule has 2 N–H and O–H groups in total. The zero-order valence-electron chi connectivity index (χ0n) is 12.8. The van der Waals surface area contributed by atoms with E-state index < -0.39 is 11.9 Å². The van der Waals surface area contributed by atoms with Gasteiger partial charge in [-0.1, -0.05) is 13.8 Å². The first-order valence-corrected chi connectivity index (χ1v) is 8.45. The predicted octanol–water partition coefficient (Wildman–Crippen LogP) is 2.41. The number of carboxylic acid groups (broad SMARTS) is 1. The van der Waals surface area contributed by atoms with E-state index in [1.807, 2.05) is 6.92 Å². The molecule has 0 saturated carbocycles. The monoisotopic (exact) mass is 302 g/mol. The van der Waals surface area contributed by atoms with Gasteiger partial charge in [0.15, 0.2) is 0 Å². The van der Waals surface area contributed by atoms with Gasteiger partial charge in [0, 0.05) is 23.9 Å². The number of carbonyl (C=O) groups excluding carboxylic acids is 1. The van der Waals surface area contributed by atoms with E-state index in [2.05, 4.69) is 25.4 Å². The number of hydrogen-bond acceptors (Lipinski definition) is 3. The molecule has 0 aromatic rings. The highest BCUT2D eigenvalue weighted by Gasteiger charge is 2.38. The van der Waals surface area contributed by atoms with Crippen molar-refractivity contribution in [3.05, 3.63) is 0 Å². The minimum atomic E-state index is -0.812. The van der Waals surface area contributed by atoms with Crippen LogP contribution in [0.15, 0.2) is 0 Å². The summed E-state index contributed by atoms with van der Waals surface area (Å²) in [4.78, 5) is 25.0. The summed E-state index contributed by atoms with van der Waals surface area (Å²) in [5.41, 5.74) is 0. The molecule has 1 heterocycles. The lowest BCUT2D eigenvalue weighted by Crippen LogP contribution is -2.48. The number of carbonyl (C=O) groups is 2. The molecular formula is C14H26N2O3S. The van der Waals surface area contributed by atoms with E-state index in [1.54, 1.807) is 16.7 Å². The van der Waals surface area contributed by atoms with E-state index in [1.165, 1.54) is 0 Å². The number of amides is 2. The summed E-state index contributed by atoms with van der Waals surface area (Å²) in [6.07, 6.45) is 4.60. The van der Waals surface area contributed by atoms with Gasteiger partial charge < -0.3 is 15.3 Å². The lowest BCUT2D eigenvalue weighted by atomic mass is 10.0. The third-order valence-electron chi connectivity index (χ3n) is 4.62. The molecule has 2 unspecified atom stereocenters. The number of aliphatic carboxylic acids is 1. The second-order valence-corrected chi connectivity index (χ2v) is 6.69. The molecular weight excluding hydrogens is 276 g/mol. The predicted molar refractivity (Wildman–Crippen MR) is 82.1 cm³/mol. The van der Waals surface area contributed by atoms with Gasteiger partial charge in [-0.05, 0) is 32.4 Å². The van der Waals surface area contributed by atoms with Crippen molar-refractivity contribution in [1.29, 1.82) is 0 Å². The summed E-state index contributed by atoms with van der Waals surface area (Å²) in [5, 5.41) is 12.1. The zero-order valence-corrected chi connectivity index (χ0v) is 13.6. The maximum Gasteiger partial charge on any atom is 0.317 e. The van der Waals surface area contributed by atoms with Gasteiger partial charge in [-0.2, -0.15) is 11.8 Å². The quantitative estimate of drug-likeness (QED) is 0.790. The van der Waals surface area contributed by atoms with Crippen molar-refractivity contribution in [3.8, 4) is 0 Å². The summed E-state index contributed by atoms with van der Waals surface area (Å²) < 4.78 is 0.0742. The van der Waals surface area contributed by atoms with Crippen LogP contribution in [0.1, 0.15) is 40.0 Å². The number of likely N-dealkylation sites (tertiary alicyclic amines) is 1. The molecule has 0 radical (unpaired) electrons. The lowest BCUT2D eigenvalue weighted by Gasteiger charge is -2.31. The lowest BCUT2D eigenvalue weighted by molar-refractivity contribution is -0.142. The van der Waals surface area contributed by atoms with Crippen molar-refractivity contribution in [3.63, 3.8) is 0 Å². The molecule has 0 aromatic carbocycles. The first-order chi connectivity index (χ1) is 9.40. The Balaban J connectivity index is 2.58. The summed E-state index contributed by atoms with van der Waals surface area (Å²) in [7, 11) is 0. The molecule has 6 heteroatoms. The smallest absolute Gasteiger partial charge is 0.317 e. The van der Waals surface area contributed by atoms with Gasteiger partial charge in [-0.3, -0.25) is 4.79 Å². The molecule has 0 aliphatic carbocycles. The number of thioether (sulfide) groups is 1. The van der Waals surface area contributed by atoms with Gasteiger partial charge in [-0.25, -0.2) is 4.79 Å². The number of urea groups is 1. The number of hydrogen-bond donors (Lipinski definition) is 2. The Morgan fingerprint density at radius 2 is 2.00 bits per heavy atom. The minimum Gasteiger partial charge on any atom is -0.481 e. The van der Waals surface area contributed by atoms with Crippen LogP contribution in [0, 0.1) is 5.92 Å². The van der Waals surface area contributed by atoms with Crippen molar-refractivity contribution in [1.82, 2.24) is 10.2 Å². The van der Waals surface area contributed by atoms with E-state index >= 15 is 0 Å². The van der Waals surface area contributed by atoms with Gasteiger partial charge in [0.05, 0.1) is 5.92 Å². The summed E-state index contributed by atoms with van der Waals surface area (Å²) in [5.74, 6) is -1.25. The molecule has 1 aliphatic rings. The third-order valence-corrected chi connectivity index (χ3v) is 6.20. The Hall–Kier alpha value is -0.910. The Labute approximate surface area is 125 Å². The number of carboxylic acids is 1. The molecule has 1 saturated heterocycles. The number of rotatable bonds is 6. The van der Waals surface area contributed by atoms with Crippen molar-refractivity contribution in [2.75, 3.05) is 19.3 Å². The highest BCUT2D eigenvalue weighted by Crippen LogP contribution is 2.30. The van der Waals surface area contributed by atoms with Crippen molar-refractivity contribution in [2.24, 2.45) is 5.92 Å². The first kappa shape index (κ1) is 17.1. The maximum atomic E-state index is 12.2. The first-order valence-electron chi connectivity index (χ1n) is 7.23. The molecule has 20 heavy (non-hydrogen) atoms. The van der Waals surface area contributed by atoms with Crippen molar-refractivity contribution in [2.45, 2.75) is 50.8 Å². The van der Waals surface area contributed by atoms with Crippen LogP contribution in [0.25, 0.3) is 0 Å². The second kappa shape index (κ2) is 7.20. The van der Waals surface area contributed by atoms with E-state index in [0.29, 0.717) is 19.5 Å². The van der Waals surface area contributed by atoms with E-state index in [-0.39, 0.29) is 16.8 Å². The molecule has 0 bridgehead atoms. The molecule has 2 amide bonds. The van der Waals surface area contributed by atoms with Gasteiger partial charge in [0.2, 0.25) is 0 Å². The fraction of sp³-hybridized carbons (Fsp3) is 0.857. The normalized spacial score (nSPS) is 22.9. The van der Waals surface area contributed by atoms with Gasteiger partial charge in [-0.15, -0.1) is 0 Å². The summed E-state index contributed by atoms with van der Waals surface area (Å²) in [6, 6.07) is -0.374. The largest absolute Gasteiger partial charge is 0.481 e. The Kier molecular flexibility index (Phi) is 6.17. The molecule has 0 aromatic heterocycles. The van der Waals surface area contributed by atoms with Crippen molar-refractivity contribution < 1.29 is 14.7 Å². The number of nitrogens with one attached hydrogen (secondary N) is 1. The molecule has 1 rings (SSSR count). The summed E-state index contributed by atoms with van der Waals surface area (Å²) >= 11 is 1.78. The Morgan fingerprint density at radius 1 is 1.40 bits per heavy atom. The highest BCUT2D eigenvalue weighted by atomic mass is 32.2. The zero-order chi connectivity index (χ0) is 15.3. The number of nitrogens with zero attached hydrogens (tertiary/aromatic N) is 1. The molecule has 1 fully saturated rings. The fourth-order valence-electron chi connectivity index (χ4n) is 2.76. The van der Waals surface area contributed by atoms with E-state index in [9.17, 15) is 9.59 Å². The highest BCUT2D eigenvalue weighted by molar-refractivity contribution is 8.00. The molecule has 116 valence electrons. The van der Waals surface area contributed by atoms with Crippen LogP contribution in [0.4, 0.5) is 4.79 Å². The Morgan fingerprint density at radius 3 is 2.40 bits per heavy atom. The minimum absolute atomic E-state index is 0.0742. The van der Waals surface area contributed by atoms with Crippen molar-refractivity contribution >= 4 is 23.8 Å². The average molecular weight is 302 g/mol. The summed E-state index contributed by atoms with van der Waals surface area (Å²) in [6.45, 7) is 7.22.